The van der Waals surface area contributed by atoms with E-state index in [4.69, 9.17) is 9.47 Å². The third kappa shape index (κ3) is 13.7. The minimum atomic E-state index is -3.66. The molecule has 2 aromatic rings. The lowest BCUT2D eigenvalue weighted by atomic mass is 9.41. The van der Waals surface area contributed by atoms with Gasteiger partial charge >= 0.3 is 0 Å². The molecule has 2 heterocycles. The molecule has 0 bridgehead atoms. The average Bonchev–Trinajstić information content (AvgIpc) is 1.87. The van der Waals surface area contributed by atoms with Crippen molar-refractivity contribution in [2.45, 2.75) is 202 Å². The Bertz CT molecular complexity index is 2800. The highest BCUT2D eigenvalue weighted by molar-refractivity contribution is 7.89. The van der Waals surface area contributed by atoms with Crippen LogP contribution in [0.25, 0.3) is 0 Å². The van der Waals surface area contributed by atoms with E-state index in [-0.39, 0.29) is 63.3 Å². The number of ether oxygens (including phenoxy) is 2. The van der Waals surface area contributed by atoms with Crippen molar-refractivity contribution in [3.05, 3.63) is 48.0 Å². The van der Waals surface area contributed by atoms with Crippen LogP contribution in [-0.4, -0.2) is 109 Å². The van der Waals surface area contributed by atoms with Crippen LogP contribution < -0.4 is 19.3 Å². The van der Waals surface area contributed by atoms with Gasteiger partial charge in [0.05, 0.1) is 68.1 Å². The number of hydrogen-bond donors (Lipinski definition) is 6. The van der Waals surface area contributed by atoms with Gasteiger partial charge in [0.15, 0.2) is 5.78 Å². The van der Waals surface area contributed by atoms with E-state index in [1.807, 2.05) is 4.72 Å². The topological polar surface area (TPSA) is 266 Å². The standard InChI is InChI=1S/C32H50N2O6S.C32H49NO4.CH5NO2S/c1-6-23-27-16-21(35)9-12-32(27,4)26-10-13-31(3)24(7-8-25(31)28(26)29(23)36)19(2)11-14-40-22-15-20(17-33-18-22)30(37)34-41(5,38)39;1-6-24-28-16-22(35)9-12-32(28,5)27-10-13-31(4)25(7-8-26(31)29(27)30(24)36)19(2)11-14-37-23-15-21(20(3)34)17-33-18-23;1-5(2,3)4/h15,17-19,21,23-29,35-36H,6-14,16H2,1-5H3,(H,34,37);15,17-19,22,24-30,35-36H,6-14,16H2,1-5H3;1H3,(H2,2,3,4)/t19-,21-,23-,24-,25+,26+,27+,28+,29-,31-,32-;19-,22-,24-,25-,26+,27+,28+,29+,30-,31-,32-;/m11./s1. The Balaban J connectivity index is 0.000000201. The molecule has 0 radical (unpaired) electrons. The van der Waals surface area contributed by atoms with Crippen molar-refractivity contribution in [1.82, 2.24) is 14.7 Å². The molecule has 0 aliphatic heterocycles. The minimum absolute atomic E-state index is 0.00615. The number of primary sulfonamides is 1. The molecule has 2 aromatic heterocycles. The zero-order valence-corrected chi connectivity index (χ0v) is 53.5. The molecule has 468 valence electrons. The third-order valence-corrected chi connectivity index (χ3v) is 24.9. The lowest BCUT2D eigenvalue weighted by Crippen LogP contribution is -2.62. The number of rotatable bonds is 15. The van der Waals surface area contributed by atoms with Crippen molar-refractivity contribution in [2.24, 2.45) is 110 Å². The van der Waals surface area contributed by atoms with Gasteiger partial charge in [0.2, 0.25) is 20.0 Å². The summed E-state index contributed by atoms with van der Waals surface area (Å²) in [4.78, 5) is 32.1. The Labute approximate surface area is 497 Å². The number of sulfonamides is 2. The number of Topliss-reactive ketones (excluding diaryl/α,β-unsaturated/α-hetero) is 1. The number of aliphatic hydroxyl groups excluding tert-OH is 4. The van der Waals surface area contributed by atoms with Crippen molar-refractivity contribution >= 4 is 31.7 Å². The smallest absolute Gasteiger partial charge is 0.266 e. The van der Waals surface area contributed by atoms with Gasteiger partial charge in [0, 0.05) is 18.0 Å². The SMILES string of the molecule is CC[C@H]1[C@@H](O)[C@@H]2[C@H](CC[C@]3(C)[C@@H]([C@H](C)CCOc4cncc(C(=O)NS(C)(=O)=O)c4)CC[C@@H]23)[C@@]2(C)CC[C@@H](O)C[C@@H]12.CC[C@H]1[C@@H](O)[C@@H]2[C@H](CC[C@]3(C)[C@@H]([C@H](C)CCOc4cncc(C(C)=O)c4)CC[C@@H]23)[C@@]2(C)CC[C@@H](O)C[C@@H]12.CS(N)(=O)=O. The van der Waals surface area contributed by atoms with Crippen LogP contribution in [0, 0.1) is 105 Å². The summed E-state index contributed by atoms with van der Waals surface area (Å²) in [6.45, 7) is 21.9. The highest BCUT2D eigenvalue weighted by Gasteiger charge is 2.67. The normalized spacial score (nSPS) is 40.5. The van der Waals surface area contributed by atoms with E-state index in [1.54, 1.807) is 31.6 Å². The van der Waals surface area contributed by atoms with Crippen LogP contribution in [0.4, 0.5) is 0 Å². The number of hydrogen-bond acceptors (Lipinski definition) is 14. The van der Waals surface area contributed by atoms with Crippen molar-refractivity contribution in [2.75, 3.05) is 25.7 Å². The molecule has 0 saturated heterocycles. The molecule has 8 aliphatic rings. The maximum absolute atomic E-state index is 12.2. The molecule has 1 amide bonds. The Hall–Kier alpha value is -3.26. The minimum Gasteiger partial charge on any atom is -0.492 e. The summed E-state index contributed by atoms with van der Waals surface area (Å²) < 4.78 is 55.6. The summed E-state index contributed by atoms with van der Waals surface area (Å²) >= 11 is 0. The Morgan fingerprint density at radius 3 is 1.36 bits per heavy atom. The fraction of sp³-hybridized carbons (Fsp3) is 0.815. The van der Waals surface area contributed by atoms with Crippen LogP contribution in [0.3, 0.4) is 0 Å². The van der Waals surface area contributed by atoms with Crippen LogP contribution in [0.15, 0.2) is 36.9 Å². The zero-order chi connectivity index (χ0) is 60.8. The molecule has 16 nitrogen and oxygen atoms in total. The number of ketones is 1. The summed E-state index contributed by atoms with van der Waals surface area (Å²) in [6.07, 6.45) is 26.4. The number of carbonyl (C=O) groups is 2. The molecular weight excluding hydrogens is 1090 g/mol. The van der Waals surface area contributed by atoms with Gasteiger partial charge in [0.25, 0.3) is 5.91 Å². The predicted octanol–water partition coefficient (Wildman–Crippen LogP) is 10.0. The summed E-state index contributed by atoms with van der Waals surface area (Å²) in [5.74, 6) is 7.03. The number of aliphatic hydroxyl groups is 4. The highest BCUT2D eigenvalue weighted by Crippen LogP contribution is 2.71. The molecule has 0 unspecified atom stereocenters. The van der Waals surface area contributed by atoms with Gasteiger partial charge in [-0.2, -0.15) is 0 Å². The number of pyridine rings is 2. The second-order valence-corrected chi connectivity index (χ2v) is 32.3. The maximum Gasteiger partial charge on any atom is 0.266 e. The monoisotopic (exact) mass is 1200 g/mol. The molecular formula is C65H104N4O12S2. The molecule has 8 aliphatic carbocycles. The van der Waals surface area contributed by atoms with Crippen LogP contribution in [0.1, 0.15) is 199 Å². The Morgan fingerprint density at radius 2 is 0.976 bits per heavy atom. The molecule has 18 heteroatoms. The summed E-state index contributed by atoms with van der Waals surface area (Å²) in [7, 11) is -6.83. The Morgan fingerprint density at radius 1 is 0.602 bits per heavy atom. The van der Waals surface area contributed by atoms with E-state index >= 15 is 0 Å². The molecule has 8 saturated carbocycles. The number of amides is 1. The lowest BCUT2D eigenvalue weighted by Gasteiger charge is -2.64. The largest absolute Gasteiger partial charge is 0.492 e. The van der Waals surface area contributed by atoms with Gasteiger partial charge in [-0.15, -0.1) is 0 Å². The number of aromatic nitrogens is 2. The van der Waals surface area contributed by atoms with Crippen molar-refractivity contribution < 1.29 is 56.3 Å². The van der Waals surface area contributed by atoms with E-state index in [9.17, 15) is 46.9 Å². The first kappa shape index (κ1) is 65.7. The van der Waals surface area contributed by atoms with Crippen LogP contribution >= 0.6 is 0 Å². The second kappa shape index (κ2) is 25.8. The first-order chi connectivity index (χ1) is 38.9. The number of fused-ring (bicyclic) bond motifs is 10. The van der Waals surface area contributed by atoms with E-state index < -0.39 is 26.0 Å². The molecule has 83 heavy (non-hydrogen) atoms. The summed E-state index contributed by atoms with van der Waals surface area (Å²) in [6, 6.07) is 3.32. The molecule has 22 atom stereocenters. The maximum atomic E-state index is 12.2. The quantitative estimate of drug-likeness (QED) is 0.0907. The van der Waals surface area contributed by atoms with E-state index in [0.717, 1.165) is 76.7 Å². The van der Waals surface area contributed by atoms with Crippen LogP contribution in [-0.2, 0) is 20.0 Å². The van der Waals surface area contributed by atoms with E-state index in [1.165, 1.54) is 63.6 Å². The van der Waals surface area contributed by atoms with Gasteiger partial charge in [0.1, 0.15) is 11.5 Å². The first-order valence-corrected chi connectivity index (χ1v) is 35.6. The van der Waals surface area contributed by atoms with Gasteiger partial charge in [-0.3, -0.25) is 19.6 Å². The van der Waals surface area contributed by atoms with Gasteiger partial charge in [-0.1, -0.05) is 68.2 Å². The molecule has 0 aromatic carbocycles. The van der Waals surface area contributed by atoms with Crippen molar-refractivity contribution in [3.63, 3.8) is 0 Å². The summed E-state index contributed by atoms with van der Waals surface area (Å²) in [5, 5.41) is 49.2. The van der Waals surface area contributed by atoms with Crippen molar-refractivity contribution in [1.29, 1.82) is 0 Å². The number of nitrogens with one attached hydrogen (secondary N) is 1. The number of nitrogens with two attached hydrogens (primary N) is 1. The molecule has 7 N–H and O–H groups in total. The fourth-order valence-electron chi connectivity index (χ4n) is 20.5. The highest BCUT2D eigenvalue weighted by atomic mass is 32.2. The first-order valence-electron chi connectivity index (χ1n) is 31.8. The molecule has 8 fully saturated rings. The van der Waals surface area contributed by atoms with Gasteiger partial charge < -0.3 is 29.9 Å². The van der Waals surface area contributed by atoms with Crippen molar-refractivity contribution in [3.8, 4) is 11.5 Å². The van der Waals surface area contributed by atoms with Gasteiger partial charge in [-0.05, 0) is 226 Å². The number of nitrogens with zero attached hydrogens (tertiary/aromatic N) is 2. The van der Waals surface area contributed by atoms with E-state index in [2.05, 4.69) is 70.5 Å². The lowest BCUT2D eigenvalue weighted by molar-refractivity contribution is -0.203. The molecule has 0 spiro atoms. The fourth-order valence-corrected chi connectivity index (χ4v) is 21.0. The van der Waals surface area contributed by atoms with E-state index in [0.29, 0.717) is 107 Å². The molecule has 10 rings (SSSR count). The predicted molar refractivity (Wildman–Crippen MR) is 322 cm³/mol. The van der Waals surface area contributed by atoms with Crippen LogP contribution in [0.2, 0.25) is 0 Å². The summed E-state index contributed by atoms with van der Waals surface area (Å²) in [5.41, 5.74) is 1.67. The average molecular weight is 1200 g/mol. The zero-order valence-electron chi connectivity index (χ0n) is 51.8. The Kier molecular flexibility index (Phi) is 20.4. The number of carbonyl (C=O) groups excluding carboxylic acids is 2. The van der Waals surface area contributed by atoms with Crippen LogP contribution in [0.5, 0.6) is 11.5 Å². The van der Waals surface area contributed by atoms with Gasteiger partial charge in [-0.25, -0.2) is 26.7 Å². The second-order valence-electron chi connectivity index (χ2n) is 28.9. The third-order valence-electron chi connectivity index (χ3n) is 24.4.